The summed E-state index contributed by atoms with van der Waals surface area (Å²) < 4.78 is 77.6. The van der Waals surface area contributed by atoms with Crippen molar-refractivity contribution >= 4 is 29.4 Å². The molecule has 0 bridgehead atoms. The summed E-state index contributed by atoms with van der Waals surface area (Å²) in [7, 11) is 2.78. The molecule has 89 heavy (non-hydrogen) atoms. The van der Waals surface area contributed by atoms with Crippen molar-refractivity contribution in [3.05, 3.63) is 54.1 Å². The summed E-state index contributed by atoms with van der Waals surface area (Å²) in [5, 5.41) is 113. The number of allylic oxidation sites excluding steroid dienone is 1. The van der Waals surface area contributed by atoms with Crippen LogP contribution in [0.15, 0.2) is 48.6 Å². The molecule has 0 unspecified atom stereocenters. The second-order valence-corrected chi connectivity index (χ2v) is 25.5. The maximum Gasteiger partial charge on any atom is 0.331 e. The van der Waals surface area contributed by atoms with Crippen LogP contribution < -0.4 is 0 Å². The minimum atomic E-state index is -2.01. The average molecular weight is 1270 g/mol. The number of Topliss-reactive ketones (excluding diaryl/α,β-unsaturated/α-hetero) is 2. The van der Waals surface area contributed by atoms with E-state index in [1.54, 1.807) is 65.0 Å². The highest BCUT2D eigenvalue weighted by atomic mass is 16.8. The molecule has 0 radical (unpaired) electrons. The van der Waals surface area contributed by atoms with Crippen LogP contribution >= 0.6 is 0 Å². The molecule has 30 atom stereocenters. The van der Waals surface area contributed by atoms with Crippen LogP contribution in [-0.4, -0.2) is 261 Å². The second-order valence-electron chi connectivity index (χ2n) is 25.5. The maximum absolute atomic E-state index is 14.1. The number of fused-ring (bicyclic) bond motifs is 1. The predicted molar refractivity (Wildman–Crippen MR) is 303 cm³/mol. The second kappa shape index (κ2) is 28.9. The number of hydrogen-bond donors (Lipinski definition) is 10. The summed E-state index contributed by atoms with van der Waals surface area (Å²) in [6.07, 6.45) is -27.0. The molecular formula is C62H90O27. The average Bonchev–Trinajstić information content (AvgIpc) is 1.62. The Hall–Kier alpha value is -3.70. The molecule has 27 heteroatoms. The van der Waals surface area contributed by atoms with E-state index in [9.17, 15) is 70.2 Å². The zero-order chi connectivity index (χ0) is 64.6. The molecule has 5 aliphatic heterocycles. The molecule has 8 aliphatic rings. The molecule has 27 nitrogen and oxygen atoms in total. The third kappa shape index (κ3) is 14.2. The number of ketones is 3. The molecule has 1 aromatic carbocycles. The third-order valence-electron chi connectivity index (χ3n) is 20.0. The fourth-order valence-electron chi connectivity index (χ4n) is 14.6. The molecule has 10 N–H and O–H groups in total. The van der Waals surface area contributed by atoms with Gasteiger partial charge in [0.1, 0.15) is 97.0 Å². The van der Waals surface area contributed by atoms with E-state index in [4.69, 9.17) is 61.6 Å². The van der Waals surface area contributed by atoms with Gasteiger partial charge in [0.25, 0.3) is 0 Å². The molecule has 9 rings (SSSR count). The first-order valence-corrected chi connectivity index (χ1v) is 30.7. The largest absolute Gasteiger partial charge is 0.458 e. The fourth-order valence-corrected chi connectivity index (χ4v) is 14.6. The number of ether oxygens (including phenoxy) is 13. The van der Waals surface area contributed by atoms with Crippen LogP contribution in [0.3, 0.4) is 0 Å². The number of rotatable bonds is 21. The molecule has 3 aliphatic carbocycles. The van der Waals surface area contributed by atoms with Crippen molar-refractivity contribution < 1.29 is 132 Å². The number of benzene rings is 1. The number of aliphatic hydroxyl groups is 10. The van der Waals surface area contributed by atoms with E-state index in [1.165, 1.54) is 39.4 Å². The van der Waals surface area contributed by atoms with Gasteiger partial charge in [0.2, 0.25) is 0 Å². The highest BCUT2D eigenvalue weighted by molar-refractivity contribution is 5.97. The van der Waals surface area contributed by atoms with E-state index in [1.807, 2.05) is 6.07 Å². The van der Waals surface area contributed by atoms with Crippen molar-refractivity contribution in [1.82, 2.24) is 0 Å². The van der Waals surface area contributed by atoms with Crippen LogP contribution in [-0.2, 0) is 80.8 Å². The van der Waals surface area contributed by atoms with Crippen LogP contribution in [0.1, 0.15) is 98.5 Å². The smallest absolute Gasteiger partial charge is 0.331 e. The Morgan fingerprint density at radius 2 is 1.26 bits per heavy atom. The summed E-state index contributed by atoms with van der Waals surface area (Å²) in [5.41, 5.74) is -3.83. The number of aliphatic hydroxyl groups excluding tert-OH is 9. The summed E-state index contributed by atoms with van der Waals surface area (Å²) in [6.45, 7) is 7.91. The monoisotopic (exact) mass is 1270 g/mol. The summed E-state index contributed by atoms with van der Waals surface area (Å²) >= 11 is 0. The van der Waals surface area contributed by atoms with Crippen molar-refractivity contribution in [3.63, 3.8) is 0 Å². The Balaban J connectivity index is 0.800. The zero-order valence-electron chi connectivity index (χ0n) is 51.3. The molecule has 5 heterocycles. The maximum atomic E-state index is 14.1. The van der Waals surface area contributed by atoms with Gasteiger partial charge in [0.15, 0.2) is 37.2 Å². The van der Waals surface area contributed by atoms with Gasteiger partial charge < -0.3 is 113 Å². The van der Waals surface area contributed by atoms with Gasteiger partial charge in [-0.2, -0.15) is 0 Å². The summed E-state index contributed by atoms with van der Waals surface area (Å²) in [5.74, 6) is -3.59. The summed E-state index contributed by atoms with van der Waals surface area (Å²) in [4.78, 5) is 54.5. The van der Waals surface area contributed by atoms with Crippen molar-refractivity contribution in [2.45, 2.75) is 252 Å². The topological polar surface area (TPSA) is 391 Å². The quantitative estimate of drug-likeness (QED) is 0.0531. The van der Waals surface area contributed by atoms with Crippen molar-refractivity contribution in [2.24, 2.45) is 22.7 Å². The number of esters is 1. The first-order chi connectivity index (χ1) is 42.2. The molecule has 0 aromatic heterocycles. The van der Waals surface area contributed by atoms with Gasteiger partial charge in [0.05, 0.1) is 60.9 Å². The number of hydrogen-bond acceptors (Lipinski definition) is 27. The molecule has 500 valence electrons. The van der Waals surface area contributed by atoms with Gasteiger partial charge >= 0.3 is 5.97 Å². The van der Waals surface area contributed by atoms with Crippen LogP contribution in [0, 0.1) is 22.7 Å². The van der Waals surface area contributed by atoms with E-state index < -0.39 is 207 Å². The van der Waals surface area contributed by atoms with E-state index in [0.29, 0.717) is 5.56 Å². The van der Waals surface area contributed by atoms with Gasteiger partial charge in [-0.1, -0.05) is 37.3 Å². The van der Waals surface area contributed by atoms with Gasteiger partial charge in [-0.25, -0.2) is 4.79 Å². The van der Waals surface area contributed by atoms with Crippen LogP contribution in [0.5, 0.6) is 0 Å². The lowest BCUT2D eigenvalue weighted by Crippen LogP contribution is -2.67. The first-order valence-electron chi connectivity index (χ1n) is 30.7. The Bertz CT molecular complexity index is 2610. The number of carbonyl (C=O) groups is 4. The van der Waals surface area contributed by atoms with Crippen molar-refractivity contribution in [1.29, 1.82) is 0 Å². The number of methoxy groups -OCH3 is 2. The third-order valence-corrected chi connectivity index (χ3v) is 20.0. The molecule has 1 aromatic rings. The van der Waals surface area contributed by atoms with Crippen LogP contribution in [0.4, 0.5) is 0 Å². The number of carbonyl (C=O) groups excluding carboxylic acids is 4. The lowest BCUT2D eigenvalue weighted by atomic mass is 9.52. The first kappa shape index (κ1) is 69.6. The molecule has 0 spiro atoms. The molecule has 5 saturated heterocycles. The van der Waals surface area contributed by atoms with Gasteiger partial charge in [-0.3, -0.25) is 14.4 Å². The molecular weight excluding hydrogens is 1180 g/mol. The zero-order valence-corrected chi connectivity index (χ0v) is 51.3. The Kier molecular flexibility index (Phi) is 22.6. The molecule has 2 saturated carbocycles. The standard InChI is InChI=1S/C62H90O27/c1-28(65)34-15-16-41(68)61(34,6)42(85-43(69)17-14-32-12-10-9-11-13-32)22-35-36(66)19-21-62(76)25-33(18-20-60(35,62)5)82-57-49(73)47(71)54(39(26-63)83-57)88-58-50(74)48(72)55(40(27-64)84-58)89-59-51(75)56(78-8)53(31(4)81-59)87-44-23-37(67)52(30(3)80-44)86-45-24-38(77-7)46(70)29(2)79-45/h9-14,17,19,21,29-31,33-35,37-40,42,44-59,63-64,67,70-76H,15-16,18,20,22-27H2,1-8H3/b17-14+/t29-,30-,31+,33+,34-,35+,37+,38+,39-,40-,42+,44+,45+,46-,47-,48-,49-,50-,51+,52-,53+,54-,55-,56+,57-,58+,59+,60-,61-,62+/m1/s1. The van der Waals surface area contributed by atoms with E-state index in [2.05, 4.69) is 0 Å². The Morgan fingerprint density at radius 1 is 0.674 bits per heavy atom. The van der Waals surface area contributed by atoms with Crippen LogP contribution in [0.25, 0.3) is 6.08 Å². The molecule has 7 fully saturated rings. The minimum Gasteiger partial charge on any atom is -0.458 e. The van der Waals surface area contributed by atoms with E-state index >= 15 is 0 Å². The normalized spacial score (nSPS) is 46.6. The van der Waals surface area contributed by atoms with Gasteiger partial charge in [-0.05, 0) is 84.1 Å². The van der Waals surface area contributed by atoms with Crippen LogP contribution in [0.2, 0.25) is 0 Å². The van der Waals surface area contributed by atoms with Crippen molar-refractivity contribution in [3.8, 4) is 0 Å². The Morgan fingerprint density at radius 3 is 1.85 bits per heavy atom. The SMILES string of the molecule is CO[C@H]1[C@H](O)[C@H](O[C@H]2[C@H](O)[C@@H](O)[C@H](O[C@H]3[C@H](O)[C@@H](O)[C@H](O[C@H]4CC[C@]5(C)[C@@H](C[C@H](OC(=O)/C=C/c6ccccc6)[C@@]6(C)C(=O)CC[C@@H]6C(C)=O)C(=O)C=C[C@]5(O)C4)O[C@@H]3CO)O[C@@H]2CO)O[C@@H](C)[C@@H]1O[C@H]1C[C@H](O)[C@H](O[C@H]2C[C@H](OC)[C@H](O)[C@@H](C)O2)[C@@H](C)O1. The van der Waals surface area contributed by atoms with Crippen molar-refractivity contribution in [2.75, 3.05) is 27.4 Å². The predicted octanol–water partition coefficient (Wildman–Crippen LogP) is -0.816. The summed E-state index contributed by atoms with van der Waals surface area (Å²) in [6, 6.07) is 8.96. The van der Waals surface area contributed by atoms with E-state index in [-0.39, 0.29) is 62.9 Å². The molecule has 0 amide bonds. The van der Waals surface area contributed by atoms with E-state index in [0.717, 1.165) is 0 Å². The van der Waals surface area contributed by atoms with Gasteiger partial charge in [0, 0.05) is 63.2 Å². The van der Waals surface area contributed by atoms with Gasteiger partial charge in [-0.15, -0.1) is 0 Å². The minimum absolute atomic E-state index is 0.0636. The lowest BCUT2D eigenvalue weighted by Gasteiger charge is -2.55. The lowest BCUT2D eigenvalue weighted by molar-refractivity contribution is -0.386. The highest BCUT2D eigenvalue weighted by Gasteiger charge is 2.63. The Labute approximate surface area is 516 Å². The highest BCUT2D eigenvalue weighted by Crippen LogP contribution is 2.57. The fraction of sp³-hybridized carbons (Fsp3) is 0.774.